The topological polar surface area (TPSA) is 29.5 Å². The van der Waals surface area contributed by atoms with Crippen molar-refractivity contribution in [3.8, 4) is 0 Å². The maximum atomic E-state index is 13.1. The summed E-state index contributed by atoms with van der Waals surface area (Å²) in [6.45, 7) is 1.35. The van der Waals surface area contributed by atoms with Gasteiger partial charge in [-0.25, -0.2) is 4.39 Å². The fourth-order valence-electron chi connectivity index (χ4n) is 2.16. The maximum absolute atomic E-state index is 13.1. The van der Waals surface area contributed by atoms with Gasteiger partial charge in [0, 0.05) is 24.0 Å². The fraction of sp³-hybridized carbons (Fsp3) is 0.538. The van der Waals surface area contributed by atoms with Crippen molar-refractivity contribution in [2.24, 2.45) is 5.92 Å². The van der Waals surface area contributed by atoms with Crippen LogP contribution in [0.3, 0.4) is 0 Å². The summed E-state index contributed by atoms with van der Waals surface area (Å²) >= 11 is 5.97. The molecule has 2 unspecified atom stereocenters. The summed E-state index contributed by atoms with van der Waals surface area (Å²) in [6.07, 6.45) is 1.78. The molecule has 0 amide bonds. The predicted octanol–water partition coefficient (Wildman–Crippen LogP) is 2.81. The third-order valence-electron chi connectivity index (χ3n) is 3.18. The van der Waals surface area contributed by atoms with Gasteiger partial charge in [-0.05, 0) is 36.6 Å². The van der Waals surface area contributed by atoms with Crippen molar-refractivity contribution in [3.05, 3.63) is 34.6 Å². The minimum absolute atomic E-state index is 0.128. The van der Waals surface area contributed by atoms with Crippen molar-refractivity contribution in [1.29, 1.82) is 0 Å². The number of hydrogen-bond donors (Lipinski definition) is 1. The Hall–Kier alpha value is -0.640. The first-order chi connectivity index (χ1) is 8.16. The van der Waals surface area contributed by atoms with E-state index in [-0.39, 0.29) is 11.7 Å². The third-order valence-corrected chi connectivity index (χ3v) is 3.55. The van der Waals surface area contributed by atoms with Crippen LogP contribution >= 0.6 is 11.6 Å². The lowest BCUT2D eigenvalue weighted by molar-refractivity contribution is -0.00848. The van der Waals surface area contributed by atoms with Crippen LogP contribution in [0.2, 0.25) is 5.02 Å². The number of halogens is 2. The average Bonchev–Trinajstić information content (AvgIpc) is 2.35. The predicted molar refractivity (Wildman–Crippen MR) is 64.7 cm³/mol. The summed E-state index contributed by atoms with van der Waals surface area (Å²) in [6, 6.07) is 4.23. The molecule has 1 heterocycles. The Balaban J connectivity index is 2.01. The molecule has 94 valence electrons. The molecule has 0 saturated carbocycles. The van der Waals surface area contributed by atoms with Crippen molar-refractivity contribution in [3.63, 3.8) is 0 Å². The lowest BCUT2D eigenvalue weighted by Crippen LogP contribution is -2.30. The zero-order valence-electron chi connectivity index (χ0n) is 9.53. The molecule has 0 bridgehead atoms. The van der Waals surface area contributed by atoms with Crippen LogP contribution in [0, 0.1) is 11.7 Å². The van der Waals surface area contributed by atoms with E-state index in [1.54, 1.807) is 0 Å². The van der Waals surface area contributed by atoms with E-state index in [0.29, 0.717) is 23.6 Å². The zero-order chi connectivity index (χ0) is 12.3. The number of aliphatic hydroxyl groups excluding tert-OH is 1. The first kappa shape index (κ1) is 12.8. The highest BCUT2D eigenvalue weighted by molar-refractivity contribution is 6.31. The molecule has 17 heavy (non-hydrogen) atoms. The molecule has 1 N–H and O–H groups in total. The first-order valence-electron chi connectivity index (χ1n) is 5.86. The Bertz CT molecular complexity index is 378. The summed E-state index contributed by atoms with van der Waals surface area (Å²) in [4.78, 5) is 0. The van der Waals surface area contributed by atoms with E-state index < -0.39 is 6.10 Å². The molecular weight excluding hydrogens is 243 g/mol. The Kier molecular flexibility index (Phi) is 4.37. The van der Waals surface area contributed by atoms with Crippen LogP contribution in [-0.2, 0) is 11.2 Å². The van der Waals surface area contributed by atoms with E-state index >= 15 is 0 Å². The molecule has 0 spiro atoms. The zero-order valence-corrected chi connectivity index (χ0v) is 10.3. The SMILES string of the molecule is OC(Cc1cc(F)ccc1Cl)C1CCCOC1. The molecule has 1 saturated heterocycles. The Morgan fingerprint density at radius 3 is 3.06 bits per heavy atom. The van der Waals surface area contributed by atoms with Crippen molar-refractivity contribution in [2.45, 2.75) is 25.4 Å². The molecule has 2 atom stereocenters. The van der Waals surface area contributed by atoms with Gasteiger partial charge in [0.1, 0.15) is 5.82 Å². The molecule has 2 nitrogen and oxygen atoms in total. The van der Waals surface area contributed by atoms with Gasteiger partial charge in [-0.2, -0.15) is 0 Å². The minimum atomic E-state index is -0.519. The van der Waals surface area contributed by atoms with Gasteiger partial charge in [0.2, 0.25) is 0 Å². The molecule has 1 fully saturated rings. The molecule has 2 rings (SSSR count). The van der Waals surface area contributed by atoms with Gasteiger partial charge in [-0.3, -0.25) is 0 Å². The highest BCUT2D eigenvalue weighted by Crippen LogP contribution is 2.24. The second kappa shape index (κ2) is 5.80. The van der Waals surface area contributed by atoms with E-state index in [9.17, 15) is 9.50 Å². The molecule has 0 radical (unpaired) electrons. The van der Waals surface area contributed by atoms with E-state index in [1.165, 1.54) is 18.2 Å². The van der Waals surface area contributed by atoms with Crippen molar-refractivity contribution >= 4 is 11.6 Å². The lowest BCUT2D eigenvalue weighted by atomic mass is 9.91. The van der Waals surface area contributed by atoms with Crippen molar-refractivity contribution < 1.29 is 14.2 Å². The number of ether oxygens (including phenoxy) is 1. The Morgan fingerprint density at radius 1 is 1.53 bits per heavy atom. The minimum Gasteiger partial charge on any atom is -0.392 e. The van der Waals surface area contributed by atoms with Gasteiger partial charge in [0.15, 0.2) is 0 Å². The van der Waals surface area contributed by atoms with E-state index in [2.05, 4.69) is 0 Å². The highest BCUT2D eigenvalue weighted by atomic mass is 35.5. The van der Waals surface area contributed by atoms with Crippen molar-refractivity contribution in [1.82, 2.24) is 0 Å². The standard InChI is InChI=1S/C13H16ClFO2/c14-12-4-3-11(15)6-10(12)7-13(16)9-2-1-5-17-8-9/h3-4,6,9,13,16H,1-2,5,7-8H2. The van der Waals surface area contributed by atoms with Gasteiger partial charge in [-0.15, -0.1) is 0 Å². The van der Waals surface area contributed by atoms with Gasteiger partial charge in [0.25, 0.3) is 0 Å². The van der Waals surface area contributed by atoms with Crippen molar-refractivity contribution in [2.75, 3.05) is 13.2 Å². The highest BCUT2D eigenvalue weighted by Gasteiger charge is 2.23. The molecule has 1 aromatic rings. The second-order valence-electron chi connectivity index (χ2n) is 4.48. The van der Waals surface area contributed by atoms with Crippen LogP contribution in [0.4, 0.5) is 4.39 Å². The molecule has 1 aromatic carbocycles. The summed E-state index contributed by atoms with van der Waals surface area (Å²) in [7, 11) is 0. The summed E-state index contributed by atoms with van der Waals surface area (Å²) in [5, 5.41) is 10.6. The monoisotopic (exact) mass is 258 g/mol. The average molecular weight is 259 g/mol. The molecule has 0 aromatic heterocycles. The van der Waals surface area contributed by atoms with Crippen LogP contribution in [0.15, 0.2) is 18.2 Å². The van der Waals surface area contributed by atoms with E-state index in [1.807, 2.05) is 0 Å². The number of aliphatic hydroxyl groups is 1. The second-order valence-corrected chi connectivity index (χ2v) is 4.89. The number of hydrogen-bond acceptors (Lipinski definition) is 2. The summed E-state index contributed by atoms with van der Waals surface area (Å²) in [5.41, 5.74) is 0.657. The van der Waals surface area contributed by atoms with Gasteiger partial charge >= 0.3 is 0 Å². The quantitative estimate of drug-likeness (QED) is 0.903. The number of benzene rings is 1. The van der Waals surface area contributed by atoms with Crippen LogP contribution in [0.5, 0.6) is 0 Å². The molecule has 1 aliphatic rings. The first-order valence-corrected chi connectivity index (χ1v) is 6.24. The lowest BCUT2D eigenvalue weighted by Gasteiger charge is -2.26. The maximum Gasteiger partial charge on any atom is 0.123 e. The molecule has 1 aliphatic heterocycles. The van der Waals surface area contributed by atoms with Crippen LogP contribution < -0.4 is 0 Å². The molecule has 4 heteroatoms. The Labute approximate surface area is 105 Å². The van der Waals surface area contributed by atoms with E-state index in [4.69, 9.17) is 16.3 Å². The summed E-state index contributed by atoms with van der Waals surface area (Å²) in [5.74, 6) is -0.195. The largest absolute Gasteiger partial charge is 0.392 e. The van der Waals surface area contributed by atoms with E-state index in [0.717, 1.165) is 19.4 Å². The Morgan fingerprint density at radius 2 is 2.35 bits per heavy atom. The molecular formula is C13H16ClFO2. The van der Waals surface area contributed by atoms with Crippen LogP contribution in [0.25, 0.3) is 0 Å². The van der Waals surface area contributed by atoms with Crippen LogP contribution in [0.1, 0.15) is 18.4 Å². The van der Waals surface area contributed by atoms with Gasteiger partial charge < -0.3 is 9.84 Å². The smallest absolute Gasteiger partial charge is 0.123 e. The number of rotatable bonds is 3. The molecule has 0 aliphatic carbocycles. The summed E-state index contributed by atoms with van der Waals surface area (Å²) < 4.78 is 18.4. The third kappa shape index (κ3) is 3.41. The van der Waals surface area contributed by atoms with Gasteiger partial charge in [-0.1, -0.05) is 11.6 Å². The fourth-order valence-corrected chi connectivity index (χ4v) is 2.36. The normalized spacial score (nSPS) is 22.4. The van der Waals surface area contributed by atoms with Crippen LogP contribution in [-0.4, -0.2) is 24.4 Å². The van der Waals surface area contributed by atoms with Gasteiger partial charge in [0.05, 0.1) is 12.7 Å².